The van der Waals surface area contributed by atoms with E-state index in [4.69, 9.17) is 0 Å². The molecule has 0 unspecified atom stereocenters. The van der Waals surface area contributed by atoms with E-state index in [-0.39, 0.29) is 17.4 Å². The first-order valence-corrected chi connectivity index (χ1v) is 7.78. The summed E-state index contributed by atoms with van der Waals surface area (Å²) in [6.45, 7) is 0. The summed E-state index contributed by atoms with van der Waals surface area (Å²) in [6.07, 6.45) is 1.89. The standard InChI is InChI=1S/C11H10FNO2.C7H7FN2O/c12-8-1-3-9(4-2-8)13-10(15)11(7-14)5-6-11;1-9-7-3-2-5(10-11)4-6(7)8/h1-4,7H,5-6H2,(H,13,15);2-4,9H,1H3. The van der Waals surface area contributed by atoms with Gasteiger partial charge in [0, 0.05) is 18.8 Å². The van der Waals surface area contributed by atoms with Gasteiger partial charge in [-0.1, -0.05) is 0 Å². The molecule has 1 amide bonds. The highest BCUT2D eigenvalue weighted by atomic mass is 19.1. The summed E-state index contributed by atoms with van der Waals surface area (Å²) in [4.78, 5) is 32.2. The lowest BCUT2D eigenvalue weighted by atomic mass is 10.1. The van der Waals surface area contributed by atoms with Crippen molar-refractivity contribution in [1.82, 2.24) is 0 Å². The fourth-order valence-corrected chi connectivity index (χ4v) is 2.09. The molecule has 136 valence electrons. The molecule has 0 heterocycles. The Morgan fingerprint density at radius 3 is 2.27 bits per heavy atom. The lowest BCUT2D eigenvalue weighted by molar-refractivity contribution is -0.126. The highest BCUT2D eigenvalue weighted by molar-refractivity contribution is 6.07. The topological polar surface area (TPSA) is 87.6 Å². The number of rotatable bonds is 5. The van der Waals surface area contributed by atoms with E-state index in [2.05, 4.69) is 15.8 Å². The summed E-state index contributed by atoms with van der Waals surface area (Å²) in [5.41, 5.74) is 0.141. The molecule has 6 nitrogen and oxygen atoms in total. The lowest BCUT2D eigenvalue weighted by Crippen LogP contribution is -2.25. The van der Waals surface area contributed by atoms with Crippen molar-refractivity contribution in [3.8, 4) is 0 Å². The maximum Gasteiger partial charge on any atom is 0.237 e. The molecule has 8 heteroatoms. The number of nitrogens with zero attached hydrogens (tertiary/aromatic N) is 1. The molecule has 2 aromatic carbocycles. The molecule has 1 saturated carbocycles. The second-order valence-corrected chi connectivity index (χ2v) is 5.74. The predicted molar refractivity (Wildman–Crippen MR) is 94.2 cm³/mol. The second-order valence-electron chi connectivity index (χ2n) is 5.74. The maximum absolute atomic E-state index is 12.8. The fraction of sp³-hybridized carbons (Fsp3) is 0.222. The minimum Gasteiger partial charge on any atom is -0.386 e. The Balaban J connectivity index is 0.000000197. The Labute approximate surface area is 148 Å². The average molecular weight is 361 g/mol. The van der Waals surface area contributed by atoms with Crippen LogP contribution in [0.3, 0.4) is 0 Å². The maximum atomic E-state index is 12.8. The summed E-state index contributed by atoms with van der Waals surface area (Å²) in [7, 11) is 1.60. The Morgan fingerprint density at radius 1 is 1.15 bits per heavy atom. The van der Waals surface area contributed by atoms with Gasteiger partial charge < -0.3 is 15.4 Å². The van der Waals surface area contributed by atoms with Crippen LogP contribution in [0.25, 0.3) is 0 Å². The van der Waals surface area contributed by atoms with Gasteiger partial charge in [0.25, 0.3) is 0 Å². The SMILES string of the molecule is CNc1ccc(N=O)cc1F.O=CC1(C(=O)Nc2ccc(F)cc2)CC1. The smallest absolute Gasteiger partial charge is 0.237 e. The molecule has 1 aliphatic carbocycles. The fourth-order valence-electron chi connectivity index (χ4n) is 2.09. The average Bonchev–Trinajstić information content (AvgIpc) is 3.45. The van der Waals surface area contributed by atoms with E-state index in [1.54, 1.807) is 7.05 Å². The molecular weight excluding hydrogens is 344 g/mol. The van der Waals surface area contributed by atoms with Crippen LogP contribution in [-0.2, 0) is 9.59 Å². The molecule has 3 rings (SSSR count). The van der Waals surface area contributed by atoms with Gasteiger partial charge in [-0.15, -0.1) is 4.91 Å². The summed E-state index contributed by atoms with van der Waals surface area (Å²) in [6, 6.07) is 9.45. The number of benzene rings is 2. The van der Waals surface area contributed by atoms with Crippen molar-refractivity contribution < 1.29 is 18.4 Å². The number of halogens is 2. The largest absolute Gasteiger partial charge is 0.386 e. The van der Waals surface area contributed by atoms with E-state index >= 15 is 0 Å². The number of carbonyl (C=O) groups is 2. The number of carbonyl (C=O) groups excluding carboxylic acids is 2. The molecule has 0 aliphatic heterocycles. The highest BCUT2D eigenvalue weighted by Gasteiger charge is 2.49. The van der Waals surface area contributed by atoms with Crippen molar-refractivity contribution in [3.63, 3.8) is 0 Å². The zero-order valence-electron chi connectivity index (χ0n) is 14.0. The van der Waals surface area contributed by atoms with Crippen molar-refractivity contribution in [2.75, 3.05) is 17.7 Å². The molecule has 0 aromatic heterocycles. The molecule has 2 aromatic rings. The van der Waals surface area contributed by atoms with Crippen molar-refractivity contribution in [2.45, 2.75) is 12.8 Å². The van der Waals surface area contributed by atoms with Crippen LogP contribution in [0.15, 0.2) is 47.6 Å². The number of anilines is 2. The summed E-state index contributed by atoms with van der Waals surface area (Å²) in [5, 5.41) is 7.80. The van der Waals surface area contributed by atoms with Crippen LogP contribution in [0.1, 0.15) is 12.8 Å². The van der Waals surface area contributed by atoms with E-state index in [1.807, 2.05) is 0 Å². The first-order chi connectivity index (χ1) is 12.4. The van der Waals surface area contributed by atoms with Crippen LogP contribution < -0.4 is 10.6 Å². The summed E-state index contributed by atoms with van der Waals surface area (Å²) >= 11 is 0. The van der Waals surface area contributed by atoms with Crippen LogP contribution in [0.5, 0.6) is 0 Å². The number of hydrogen-bond acceptors (Lipinski definition) is 5. The van der Waals surface area contributed by atoms with E-state index in [1.165, 1.54) is 36.4 Å². The number of aldehydes is 1. The van der Waals surface area contributed by atoms with E-state index in [9.17, 15) is 23.3 Å². The van der Waals surface area contributed by atoms with Gasteiger partial charge in [0.05, 0.1) is 5.69 Å². The molecule has 26 heavy (non-hydrogen) atoms. The van der Waals surface area contributed by atoms with Gasteiger partial charge in [-0.25, -0.2) is 8.78 Å². The number of nitrogens with one attached hydrogen (secondary N) is 2. The van der Waals surface area contributed by atoms with Crippen LogP contribution in [-0.4, -0.2) is 19.2 Å². The van der Waals surface area contributed by atoms with Crippen molar-refractivity contribution in [1.29, 1.82) is 0 Å². The summed E-state index contributed by atoms with van der Waals surface area (Å²) < 4.78 is 25.3. The van der Waals surface area contributed by atoms with Crippen molar-refractivity contribution >= 4 is 29.3 Å². The van der Waals surface area contributed by atoms with Gasteiger partial charge in [-0.3, -0.25) is 4.79 Å². The first-order valence-electron chi connectivity index (χ1n) is 7.78. The zero-order chi connectivity index (χ0) is 19.2. The molecule has 1 fully saturated rings. The third kappa shape index (κ3) is 4.69. The van der Waals surface area contributed by atoms with Crippen molar-refractivity contribution in [3.05, 3.63) is 59.0 Å². The minimum atomic E-state index is -0.825. The van der Waals surface area contributed by atoms with Gasteiger partial charge in [-0.2, -0.15) is 0 Å². The first kappa shape index (κ1) is 19.2. The lowest BCUT2D eigenvalue weighted by Gasteiger charge is -2.08. The molecule has 0 spiro atoms. The number of hydrogen-bond donors (Lipinski definition) is 2. The Hall–Kier alpha value is -3.16. The number of amides is 1. The van der Waals surface area contributed by atoms with E-state index in [0.29, 0.717) is 30.5 Å². The quantitative estimate of drug-likeness (QED) is 0.478. The predicted octanol–water partition coefficient (Wildman–Crippen LogP) is 4.01. The van der Waals surface area contributed by atoms with Crippen molar-refractivity contribution in [2.24, 2.45) is 10.6 Å². The molecule has 0 radical (unpaired) electrons. The molecule has 0 saturated heterocycles. The Morgan fingerprint density at radius 2 is 1.81 bits per heavy atom. The Kier molecular flexibility index (Phi) is 6.11. The van der Waals surface area contributed by atoms with Gasteiger partial charge in [0.1, 0.15) is 29.0 Å². The van der Waals surface area contributed by atoms with Crippen LogP contribution in [0, 0.1) is 22.0 Å². The Bertz CT molecular complexity index is 806. The second kappa shape index (κ2) is 8.28. The molecule has 1 aliphatic rings. The molecule has 2 N–H and O–H groups in total. The zero-order valence-corrected chi connectivity index (χ0v) is 14.0. The third-order valence-corrected chi connectivity index (χ3v) is 3.90. The van der Waals surface area contributed by atoms with Gasteiger partial charge in [0.15, 0.2) is 0 Å². The van der Waals surface area contributed by atoms with E-state index in [0.717, 1.165) is 6.07 Å². The third-order valence-electron chi connectivity index (χ3n) is 3.90. The van der Waals surface area contributed by atoms with Crippen LogP contribution in [0.2, 0.25) is 0 Å². The normalized spacial score (nSPS) is 13.7. The number of nitroso groups, excluding NO2 is 1. The van der Waals surface area contributed by atoms with Gasteiger partial charge in [-0.05, 0) is 54.4 Å². The van der Waals surface area contributed by atoms with Crippen LogP contribution >= 0.6 is 0 Å². The van der Waals surface area contributed by atoms with E-state index < -0.39 is 11.2 Å². The molecule has 0 atom stereocenters. The van der Waals surface area contributed by atoms with Gasteiger partial charge in [0.2, 0.25) is 5.91 Å². The summed E-state index contributed by atoms with van der Waals surface area (Å²) in [5.74, 6) is -1.13. The molecule has 0 bridgehead atoms. The molecular formula is C18H17F2N3O3. The minimum absolute atomic E-state index is 0.0986. The monoisotopic (exact) mass is 361 g/mol. The van der Waals surface area contributed by atoms with Crippen LogP contribution in [0.4, 0.5) is 25.8 Å². The highest BCUT2D eigenvalue weighted by Crippen LogP contribution is 2.44. The van der Waals surface area contributed by atoms with Gasteiger partial charge >= 0.3 is 0 Å².